The number of aliphatic hydroxyl groups excluding tert-OH is 1. The molecule has 1 atom stereocenters. The number of nitrogens with zero attached hydrogens (tertiary/aromatic N) is 3. The highest BCUT2D eigenvalue weighted by atomic mass is 32.2. The molecule has 336 valence electrons. The van der Waals surface area contributed by atoms with Crippen molar-refractivity contribution in [3.8, 4) is 0 Å². The Hall–Kier alpha value is -7.34. The molecule has 1 fully saturated rings. The third kappa shape index (κ3) is 10.1. The van der Waals surface area contributed by atoms with Crippen LogP contribution in [0.25, 0.3) is 34.3 Å². The average molecular weight is 946 g/mol. The number of anilines is 3. The zero-order chi connectivity index (χ0) is 47.1. The van der Waals surface area contributed by atoms with Crippen LogP contribution in [-0.2, 0) is 4.79 Å². The van der Waals surface area contributed by atoms with Crippen LogP contribution in [0.2, 0.25) is 0 Å². The maximum Gasteiger partial charge on any atom is 0.301 e. The Kier molecular flexibility index (Phi) is 13.9. The van der Waals surface area contributed by atoms with Crippen molar-refractivity contribution >= 4 is 96.9 Å². The van der Waals surface area contributed by atoms with E-state index in [1.165, 1.54) is 17.4 Å². The zero-order valence-corrected chi connectivity index (χ0v) is 40.1. The summed E-state index contributed by atoms with van der Waals surface area (Å²) >= 11 is 7.70. The lowest BCUT2D eigenvalue weighted by molar-refractivity contribution is -0.120. The van der Waals surface area contributed by atoms with E-state index in [1.807, 2.05) is 49.4 Å². The predicted octanol–water partition coefficient (Wildman–Crippen LogP) is 11.4. The van der Waals surface area contributed by atoms with Crippen LogP contribution in [0.5, 0.6) is 0 Å². The van der Waals surface area contributed by atoms with Gasteiger partial charge < -0.3 is 14.8 Å². The first-order valence-electron chi connectivity index (χ1n) is 22.3. The molecule has 1 amide bonds. The van der Waals surface area contributed by atoms with E-state index in [0.29, 0.717) is 15.4 Å². The fourth-order valence-electron chi connectivity index (χ4n) is 8.00. The number of aromatic nitrogens is 1. The van der Waals surface area contributed by atoms with Crippen LogP contribution in [0, 0.1) is 6.92 Å². The van der Waals surface area contributed by atoms with Crippen molar-refractivity contribution in [2.24, 2.45) is 0 Å². The topological polar surface area (TPSA) is 75.0 Å². The first kappa shape index (κ1) is 45.8. The summed E-state index contributed by atoms with van der Waals surface area (Å²) in [5.41, 5.74) is 13.3. The molecule has 0 spiro atoms. The van der Waals surface area contributed by atoms with Crippen LogP contribution in [0.3, 0.4) is 0 Å². The molecule has 0 radical (unpaired) electrons. The van der Waals surface area contributed by atoms with Gasteiger partial charge in [0.15, 0.2) is 4.66 Å². The van der Waals surface area contributed by atoms with Crippen LogP contribution >= 0.6 is 35.3 Å². The third-order valence-electron chi connectivity index (χ3n) is 11.4. The fraction of sp³-hybridized carbons (Fsp3) is 0.0862. The molecule has 0 saturated carbocycles. The van der Waals surface area contributed by atoms with Gasteiger partial charge in [0.1, 0.15) is 9.23 Å². The SMILES string of the molecule is CCN1C(=O)/C(=c2\s/c(=C/c3ccc(N(c4ccc(C=C(c5ccccc5)c5ccccc5)cc4)c4ccc(/C=C(\c5ccccc5)c5ccc(C)cc5)cc4)cc3)c(=O)n2OC(C)O)SC1=S. The van der Waals surface area contributed by atoms with Crippen LogP contribution in [-0.4, -0.2) is 37.8 Å². The van der Waals surface area contributed by atoms with E-state index in [1.54, 1.807) is 6.08 Å². The molecular weight excluding hydrogens is 899 g/mol. The molecular formula is C58H47N3O4S3. The Morgan fingerprint density at radius 2 is 1.06 bits per heavy atom. The van der Waals surface area contributed by atoms with Gasteiger partial charge in [-0.05, 0) is 119 Å². The van der Waals surface area contributed by atoms with Crippen LogP contribution in [0.1, 0.15) is 58.4 Å². The molecule has 0 bridgehead atoms. The molecule has 10 heteroatoms. The largest absolute Gasteiger partial charge is 0.378 e. The number of hydrogen-bond donors (Lipinski definition) is 1. The van der Waals surface area contributed by atoms with Crippen molar-refractivity contribution in [3.63, 3.8) is 0 Å². The highest BCUT2D eigenvalue weighted by Gasteiger charge is 2.33. The summed E-state index contributed by atoms with van der Waals surface area (Å²) in [5.74, 6) is -0.300. The number of hydrogen-bond acceptors (Lipinski definition) is 8. The molecule has 7 aromatic carbocycles. The molecule has 1 aliphatic heterocycles. The van der Waals surface area contributed by atoms with Gasteiger partial charge in [0.25, 0.3) is 5.91 Å². The van der Waals surface area contributed by atoms with Crippen molar-refractivity contribution in [1.82, 2.24) is 9.63 Å². The number of aryl methyl sites for hydroxylation is 1. The first-order valence-corrected chi connectivity index (χ1v) is 24.3. The number of benzene rings is 7. The van der Waals surface area contributed by atoms with Crippen LogP contribution in [0.4, 0.5) is 17.1 Å². The van der Waals surface area contributed by atoms with E-state index in [9.17, 15) is 14.7 Å². The summed E-state index contributed by atoms with van der Waals surface area (Å²) in [4.78, 5) is 36.6. The number of carbonyl (C=O) groups excluding carboxylic acids is 1. The van der Waals surface area contributed by atoms with Crippen molar-refractivity contribution in [2.75, 3.05) is 11.4 Å². The lowest BCUT2D eigenvalue weighted by Crippen LogP contribution is -2.41. The lowest BCUT2D eigenvalue weighted by atomic mass is 9.95. The number of thiocarbonyl (C=S) groups is 1. The quantitative estimate of drug-likeness (QED) is 0.0701. The number of thioether (sulfide) groups is 1. The van der Waals surface area contributed by atoms with Gasteiger partial charge in [-0.25, -0.2) is 0 Å². The summed E-state index contributed by atoms with van der Waals surface area (Å²) in [6.45, 7) is 5.76. The maximum absolute atomic E-state index is 13.8. The second kappa shape index (κ2) is 20.7. The minimum Gasteiger partial charge on any atom is -0.378 e. The van der Waals surface area contributed by atoms with Crippen molar-refractivity contribution in [2.45, 2.75) is 27.1 Å². The molecule has 1 saturated heterocycles. The van der Waals surface area contributed by atoms with Gasteiger partial charge in [-0.15, -0.1) is 16.1 Å². The lowest BCUT2D eigenvalue weighted by Gasteiger charge is -2.26. The van der Waals surface area contributed by atoms with Gasteiger partial charge in [0.2, 0.25) is 6.29 Å². The Labute approximate surface area is 409 Å². The summed E-state index contributed by atoms with van der Waals surface area (Å²) in [6, 6.07) is 65.1. The highest BCUT2D eigenvalue weighted by Crippen LogP contribution is 2.37. The third-order valence-corrected chi connectivity index (χ3v) is 14.0. The number of amides is 1. The zero-order valence-electron chi connectivity index (χ0n) is 37.7. The minimum absolute atomic E-state index is 0.282. The van der Waals surface area contributed by atoms with Crippen molar-refractivity contribution in [3.05, 3.63) is 252 Å². The van der Waals surface area contributed by atoms with E-state index in [2.05, 4.69) is 170 Å². The van der Waals surface area contributed by atoms with E-state index < -0.39 is 11.8 Å². The number of rotatable bonds is 13. The highest BCUT2D eigenvalue weighted by molar-refractivity contribution is 8.30. The van der Waals surface area contributed by atoms with E-state index >= 15 is 0 Å². The molecule has 9 rings (SSSR count). The number of carbonyl (C=O) groups is 1. The van der Waals surface area contributed by atoms with Gasteiger partial charge in [-0.1, -0.05) is 181 Å². The number of thiazole rings is 1. The molecule has 1 aliphatic rings. The monoisotopic (exact) mass is 945 g/mol. The first-order chi connectivity index (χ1) is 33.1. The summed E-state index contributed by atoms with van der Waals surface area (Å²) < 4.78 is 2.03. The molecule has 1 unspecified atom stereocenters. The average Bonchev–Trinajstić information content (AvgIpc) is 3.83. The predicted molar refractivity (Wildman–Crippen MR) is 286 cm³/mol. The molecule has 0 aliphatic carbocycles. The molecule has 8 aromatic rings. The fourth-order valence-corrected chi connectivity index (χ4v) is 10.5. The maximum atomic E-state index is 13.8. The van der Waals surface area contributed by atoms with Gasteiger partial charge in [0.05, 0.1) is 4.53 Å². The second-order valence-electron chi connectivity index (χ2n) is 16.2. The Morgan fingerprint density at radius 3 is 1.47 bits per heavy atom. The van der Waals surface area contributed by atoms with Gasteiger partial charge in [0, 0.05) is 30.5 Å². The Bertz CT molecular complexity index is 3290. The molecule has 2 heterocycles. The standard InChI is InChI=1S/C58H47N3O4S3/c1-4-59-56(64)54(68-58(59)66)57-61(65-40(3)62)55(63)53(67-57)38-43-26-34-50(35-27-43)60(48-30-22-41(23-31-48)36-51(44-14-8-5-9-15-44)45-16-10-6-11-17-45)49-32-24-42(25-33-49)37-52(46-18-12-7-13-19-46)47-28-20-39(2)21-29-47/h5-38,40,62H,4H2,1-3H3/b52-37+,53-38+,57-54+. The normalized spacial score (nSPS) is 14.3. The van der Waals surface area contributed by atoms with E-state index in [0.717, 1.165) is 95.0 Å². The minimum atomic E-state index is -1.29. The Morgan fingerprint density at radius 1 is 0.632 bits per heavy atom. The number of aliphatic hydroxyl groups is 1. The summed E-state index contributed by atoms with van der Waals surface area (Å²) in [6.07, 6.45) is 4.94. The molecule has 1 N–H and O–H groups in total. The summed E-state index contributed by atoms with van der Waals surface area (Å²) in [5, 5.41) is 10.2. The van der Waals surface area contributed by atoms with Gasteiger partial charge >= 0.3 is 5.56 Å². The smallest absolute Gasteiger partial charge is 0.301 e. The van der Waals surface area contributed by atoms with E-state index in [4.69, 9.17) is 17.1 Å². The Balaban J connectivity index is 1.11. The molecule has 68 heavy (non-hydrogen) atoms. The van der Waals surface area contributed by atoms with Gasteiger partial charge in [-0.3, -0.25) is 14.5 Å². The summed E-state index contributed by atoms with van der Waals surface area (Å²) in [7, 11) is 0. The molecule has 1 aromatic heterocycles. The van der Waals surface area contributed by atoms with Gasteiger partial charge in [-0.2, -0.15) is 0 Å². The second-order valence-corrected chi connectivity index (χ2v) is 18.8. The van der Waals surface area contributed by atoms with Crippen LogP contribution in [0.15, 0.2) is 193 Å². The van der Waals surface area contributed by atoms with E-state index in [-0.39, 0.29) is 15.5 Å². The van der Waals surface area contributed by atoms with Crippen LogP contribution < -0.4 is 24.5 Å². The van der Waals surface area contributed by atoms with Crippen molar-refractivity contribution < 1.29 is 14.7 Å². The van der Waals surface area contributed by atoms with Crippen molar-refractivity contribution in [1.29, 1.82) is 0 Å². The molecule has 7 nitrogen and oxygen atoms in total.